The van der Waals surface area contributed by atoms with Gasteiger partial charge in [-0.05, 0) is 42.2 Å². The Balaban J connectivity index is 2.11. The Hall–Kier alpha value is -1.87. The number of aromatic nitrogens is 1. The average molecular weight is 289 g/mol. The van der Waals surface area contributed by atoms with Crippen LogP contribution in [0.4, 0.5) is 5.69 Å². The highest BCUT2D eigenvalue weighted by atomic mass is 35.5. The normalized spacial score (nSPS) is 11.9. The minimum absolute atomic E-state index is 0.209. The molecule has 0 radical (unpaired) electrons. The Morgan fingerprint density at radius 3 is 2.60 bits per heavy atom. The highest BCUT2D eigenvalue weighted by Crippen LogP contribution is 2.21. The molecule has 0 aliphatic carbocycles. The number of amides is 1. The van der Waals surface area contributed by atoms with Crippen LogP contribution in [-0.2, 0) is 0 Å². The number of nitrogens with one attached hydrogen (secondary N) is 1. The first-order chi connectivity index (χ1) is 9.61. The molecule has 1 heterocycles. The maximum absolute atomic E-state index is 12.1. The van der Waals surface area contributed by atoms with Crippen LogP contribution in [0.5, 0.6) is 0 Å². The standard InChI is InChI=1S/C16H17ClN2O/c1-3-11(2)12-6-8-13(9-7-12)19-16(20)14-5-4-10-18-15(14)17/h4-11H,3H2,1-2H3,(H,19,20)/t11-/m0/s1. The Kier molecular flexibility index (Phi) is 4.74. The molecule has 0 unspecified atom stereocenters. The lowest BCUT2D eigenvalue weighted by atomic mass is 9.98. The maximum Gasteiger partial charge on any atom is 0.258 e. The van der Waals surface area contributed by atoms with E-state index in [1.807, 2.05) is 24.3 Å². The molecule has 0 aliphatic rings. The van der Waals surface area contributed by atoms with Gasteiger partial charge in [-0.2, -0.15) is 0 Å². The van der Waals surface area contributed by atoms with E-state index in [0.717, 1.165) is 12.1 Å². The molecule has 0 fully saturated rings. The molecule has 2 rings (SSSR count). The van der Waals surface area contributed by atoms with Crippen molar-refractivity contribution in [2.24, 2.45) is 0 Å². The van der Waals surface area contributed by atoms with Gasteiger partial charge in [0.2, 0.25) is 0 Å². The third kappa shape index (κ3) is 3.36. The largest absolute Gasteiger partial charge is 0.322 e. The van der Waals surface area contributed by atoms with Crippen LogP contribution < -0.4 is 5.32 Å². The second-order valence-electron chi connectivity index (χ2n) is 4.73. The van der Waals surface area contributed by atoms with Gasteiger partial charge in [0.25, 0.3) is 5.91 Å². The zero-order chi connectivity index (χ0) is 14.5. The Morgan fingerprint density at radius 2 is 2.00 bits per heavy atom. The van der Waals surface area contributed by atoms with Gasteiger partial charge in [0.15, 0.2) is 0 Å². The van der Waals surface area contributed by atoms with Crippen molar-refractivity contribution < 1.29 is 4.79 Å². The summed E-state index contributed by atoms with van der Waals surface area (Å²) in [7, 11) is 0. The second-order valence-corrected chi connectivity index (χ2v) is 5.09. The van der Waals surface area contributed by atoms with E-state index in [9.17, 15) is 4.79 Å². The van der Waals surface area contributed by atoms with Gasteiger partial charge in [-0.25, -0.2) is 4.98 Å². The van der Waals surface area contributed by atoms with Gasteiger partial charge in [0, 0.05) is 11.9 Å². The van der Waals surface area contributed by atoms with Gasteiger partial charge in [0.1, 0.15) is 5.15 Å². The van der Waals surface area contributed by atoms with E-state index < -0.39 is 0 Å². The molecule has 4 heteroatoms. The van der Waals surface area contributed by atoms with E-state index in [0.29, 0.717) is 11.5 Å². The molecule has 0 bridgehead atoms. The van der Waals surface area contributed by atoms with Crippen LogP contribution in [0.25, 0.3) is 0 Å². The van der Waals surface area contributed by atoms with Crippen molar-refractivity contribution in [2.75, 3.05) is 5.32 Å². The molecule has 104 valence electrons. The van der Waals surface area contributed by atoms with Crippen molar-refractivity contribution >= 4 is 23.2 Å². The van der Waals surface area contributed by atoms with Crippen LogP contribution in [-0.4, -0.2) is 10.9 Å². The van der Waals surface area contributed by atoms with E-state index in [2.05, 4.69) is 24.1 Å². The lowest BCUT2D eigenvalue weighted by molar-refractivity contribution is 0.102. The van der Waals surface area contributed by atoms with Gasteiger partial charge in [0.05, 0.1) is 5.56 Å². The first-order valence-electron chi connectivity index (χ1n) is 6.63. The molecule has 1 N–H and O–H groups in total. The minimum atomic E-state index is -0.251. The summed E-state index contributed by atoms with van der Waals surface area (Å²) in [4.78, 5) is 16.0. The lowest BCUT2D eigenvalue weighted by Crippen LogP contribution is -2.12. The second kappa shape index (κ2) is 6.53. The molecule has 0 saturated heterocycles. The topological polar surface area (TPSA) is 42.0 Å². The molecule has 1 aromatic carbocycles. The van der Waals surface area contributed by atoms with Crippen LogP contribution in [0, 0.1) is 0 Å². The molecule has 1 atom stereocenters. The number of carbonyl (C=O) groups excluding carboxylic acids is 1. The fourth-order valence-corrected chi connectivity index (χ4v) is 2.09. The van der Waals surface area contributed by atoms with Crippen molar-refractivity contribution in [3.63, 3.8) is 0 Å². The number of benzene rings is 1. The first-order valence-corrected chi connectivity index (χ1v) is 7.01. The number of anilines is 1. The molecular weight excluding hydrogens is 272 g/mol. The quantitative estimate of drug-likeness (QED) is 0.842. The summed E-state index contributed by atoms with van der Waals surface area (Å²) in [5.41, 5.74) is 2.40. The van der Waals surface area contributed by atoms with Gasteiger partial charge in [-0.15, -0.1) is 0 Å². The third-order valence-corrected chi connectivity index (χ3v) is 3.65. The van der Waals surface area contributed by atoms with Gasteiger partial charge in [-0.3, -0.25) is 4.79 Å². The molecule has 2 aromatic rings. The maximum atomic E-state index is 12.1. The van der Waals surface area contributed by atoms with Crippen molar-refractivity contribution in [2.45, 2.75) is 26.2 Å². The van der Waals surface area contributed by atoms with Crippen molar-refractivity contribution in [1.82, 2.24) is 4.98 Å². The van der Waals surface area contributed by atoms with Crippen LogP contribution in [0.1, 0.15) is 42.1 Å². The van der Waals surface area contributed by atoms with Crippen LogP contribution in [0.15, 0.2) is 42.6 Å². The van der Waals surface area contributed by atoms with E-state index in [4.69, 9.17) is 11.6 Å². The van der Waals surface area contributed by atoms with Crippen LogP contribution in [0.3, 0.4) is 0 Å². The van der Waals surface area contributed by atoms with E-state index in [1.165, 1.54) is 5.56 Å². The number of halogens is 1. The average Bonchev–Trinajstić information content (AvgIpc) is 2.47. The number of carbonyl (C=O) groups is 1. The Labute approximate surface area is 124 Å². The first kappa shape index (κ1) is 14.5. The van der Waals surface area contributed by atoms with Crippen molar-refractivity contribution in [3.8, 4) is 0 Å². The number of hydrogen-bond donors (Lipinski definition) is 1. The van der Waals surface area contributed by atoms with Crippen molar-refractivity contribution in [3.05, 3.63) is 58.9 Å². The number of rotatable bonds is 4. The zero-order valence-electron chi connectivity index (χ0n) is 11.6. The fourth-order valence-electron chi connectivity index (χ4n) is 1.88. The van der Waals surface area contributed by atoms with Gasteiger partial charge >= 0.3 is 0 Å². The summed E-state index contributed by atoms with van der Waals surface area (Å²) in [5.74, 6) is 0.270. The molecule has 3 nitrogen and oxygen atoms in total. The van der Waals surface area contributed by atoms with E-state index in [1.54, 1.807) is 18.3 Å². The number of hydrogen-bond acceptors (Lipinski definition) is 2. The Bertz CT molecular complexity index is 596. The van der Waals surface area contributed by atoms with Gasteiger partial charge < -0.3 is 5.32 Å². The predicted molar refractivity (Wildman–Crippen MR) is 82.3 cm³/mol. The van der Waals surface area contributed by atoms with Crippen molar-refractivity contribution in [1.29, 1.82) is 0 Å². The summed E-state index contributed by atoms with van der Waals surface area (Å²) in [6.45, 7) is 4.34. The summed E-state index contributed by atoms with van der Waals surface area (Å²) in [5, 5.41) is 3.03. The van der Waals surface area contributed by atoms with Crippen LogP contribution in [0.2, 0.25) is 5.15 Å². The van der Waals surface area contributed by atoms with E-state index in [-0.39, 0.29) is 11.1 Å². The zero-order valence-corrected chi connectivity index (χ0v) is 12.3. The smallest absolute Gasteiger partial charge is 0.258 e. The van der Waals surface area contributed by atoms with Gasteiger partial charge in [-0.1, -0.05) is 37.6 Å². The molecule has 0 spiro atoms. The molecule has 1 aromatic heterocycles. The minimum Gasteiger partial charge on any atom is -0.322 e. The monoisotopic (exact) mass is 288 g/mol. The SMILES string of the molecule is CC[C@H](C)c1ccc(NC(=O)c2cccnc2Cl)cc1. The van der Waals surface area contributed by atoms with E-state index >= 15 is 0 Å². The predicted octanol–water partition coefficient (Wildman–Crippen LogP) is 4.50. The molecular formula is C16H17ClN2O. The third-order valence-electron chi connectivity index (χ3n) is 3.35. The highest BCUT2D eigenvalue weighted by Gasteiger charge is 2.11. The summed E-state index contributed by atoms with van der Waals surface area (Å²) < 4.78 is 0. The lowest BCUT2D eigenvalue weighted by Gasteiger charge is -2.10. The summed E-state index contributed by atoms with van der Waals surface area (Å²) in [6.07, 6.45) is 2.65. The molecule has 0 saturated carbocycles. The molecule has 0 aliphatic heterocycles. The summed E-state index contributed by atoms with van der Waals surface area (Å²) in [6, 6.07) is 11.2. The molecule has 1 amide bonds. The highest BCUT2D eigenvalue weighted by molar-refractivity contribution is 6.33. The fraction of sp³-hybridized carbons (Fsp3) is 0.250. The number of pyridine rings is 1. The summed E-state index contributed by atoms with van der Waals surface area (Å²) >= 11 is 5.90. The Morgan fingerprint density at radius 1 is 1.30 bits per heavy atom. The number of nitrogens with zero attached hydrogens (tertiary/aromatic N) is 1. The molecule has 20 heavy (non-hydrogen) atoms. The van der Waals surface area contributed by atoms with Crippen LogP contribution >= 0.6 is 11.6 Å².